The number of benzene rings is 2. The monoisotopic (exact) mass is 494 g/mol. The Morgan fingerprint density at radius 3 is 2.50 bits per heavy atom. The van der Waals surface area contributed by atoms with Crippen molar-refractivity contribution in [1.29, 1.82) is 0 Å². The third-order valence-electron chi connectivity index (χ3n) is 4.81. The number of nitrogens with zero attached hydrogens (tertiary/aromatic N) is 2. The molecule has 3 aromatic rings. The predicted octanol–water partition coefficient (Wildman–Crippen LogP) is 5.56. The molecule has 0 aliphatic carbocycles. The number of hydrogen-bond donors (Lipinski definition) is 0. The fourth-order valence-corrected chi connectivity index (χ4v) is 3.45. The molecule has 182 valence electrons. The van der Waals surface area contributed by atoms with Crippen molar-refractivity contribution >= 4 is 17.6 Å². The summed E-state index contributed by atoms with van der Waals surface area (Å²) in [5.74, 6) is 0.437. The lowest BCUT2D eigenvalue weighted by Gasteiger charge is -2.17. The van der Waals surface area contributed by atoms with Crippen molar-refractivity contribution in [3.63, 3.8) is 0 Å². The molecule has 0 N–H and O–H groups in total. The van der Waals surface area contributed by atoms with Gasteiger partial charge in [0.2, 0.25) is 5.88 Å². The zero-order valence-corrected chi connectivity index (χ0v) is 19.9. The Bertz CT molecular complexity index is 1140. The Labute approximate surface area is 201 Å². The Balaban J connectivity index is 1.71. The molecule has 1 aromatic heterocycles. The van der Waals surface area contributed by atoms with Crippen molar-refractivity contribution in [2.45, 2.75) is 40.1 Å². The topological polar surface area (TPSA) is 71.8 Å². The molecule has 1 heterocycles. The largest absolute Gasteiger partial charge is 0.489 e. The molecule has 1 unspecified atom stereocenters. The van der Waals surface area contributed by atoms with Gasteiger partial charge in [0.1, 0.15) is 28.8 Å². The van der Waals surface area contributed by atoms with Crippen LogP contribution in [0, 0.1) is 6.92 Å². The van der Waals surface area contributed by atoms with Gasteiger partial charge in [-0.3, -0.25) is 0 Å². The molecular formula is C24H25ClF2N2O5. The fourth-order valence-electron chi connectivity index (χ4n) is 3.14. The van der Waals surface area contributed by atoms with Crippen LogP contribution < -0.4 is 14.2 Å². The number of alkyl halides is 2. The maximum absolute atomic E-state index is 12.6. The first-order chi connectivity index (χ1) is 16.2. The first-order valence-corrected chi connectivity index (χ1v) is 10.9. The molecule has 0 fully saturated rings. The summed E-state index contributed by atoms with van der Waals surface area (Å²) < 4.78 is 47.5. The van der Waals surface area contributed by atoms with Gasteiger partial charge in [-0.25, -0.2) is 9.48 Å². The SMILES string of the molecule is CCOC(=O)C(C)Oc1cc(C)ccc1COc1ccc(-c2nn(C)c(OC(F)F)c2Cl)cc1. The van der Waals surface area contributed by atoms with E-state index in [2.05, 4.69) is 9.84 Å². The summed E-state index contributed by atoms with van der Waals surface area (Å²) in [6.07, 6.45) is -0.762. The second kappa shape index (κ2) is 11.2. The standard InChI is InChI=1S/C24H25ClF2N2O5/c1-5-31-23(30)15(3)33-19-12-14(2)6-7-17(19)13-32-18-10-8-16(9-11-18)21-20(25)22(29(4)28-21)34-24(26)27/h6-12,15,24H,5,13H2,1-4H3. The molecule has 0 aliphatic rings. The van der Waals surface area contributed by atoms with E-state index in [1.807, 2.05) is 25.1 Å². The molecular weight excluding hydrogens is 470 g/mol. The van der Waals surface area contributed by atoms with Gasteiger partial charge >= 0.3 is 12.6 Å². The van der Waals surface area contributed by atoms with Gasteiger partial charge in [0.15, 0.2) is 6.10 Å². The summed E-state index contributed by atoms with van der Waals surface area (Å²) in [7, 11) is 1.47. The molecule has 1 atom stereocenters. The van der Waals surface area contributed by atoms with Crippen LogP contribution in [-0.2, 0) is 23.2 Å². The first kappa shape index (κ1) is 25.3. The van der Waals surface area contributed by atoms with E-state index in [4.69, 9.17) is 25.8 Å². The van der Waals surface area contributed by atoms with Crippen LogP contribution in [0.15, 0.2) is 42.5 Å². The van der Waals surface area contributed by atoms with Gasteiger partial charge in [0.05, 0.1) is 6.61 Å². The molecule has 0 saturated heterocycles. The average Bonchev–Trinajstić information content (AvgIpc) is 3.07. The number of carbonyl (C=O) groups is 1. The van der Waals surface area contributed by atoms with E-state index in [0.29, 0.717) is 22.8 Å². The molecule has 3 rings (SSSR count). The van der Waals surface area contributed by atoms with Crippen LogP contribution >= 0.6 is 11.6 Å². The zero-order valence-electron chi connectivity index (χ0n) is 19.2. The van der Waals surface area contributed by atoms with Crippen LogP contribution in [0.4, 0.5) is 8.78 Å². The van der Waals surface area contributed by atoms with Crippen molar-refractivity contribution in [2.75, 3.05) is 6.61 Å². The molecule has 10 heteroatoms. The van der Waals surface area contributed by atoms with Crippen LogP contribution in [-0.4, -0.2) is 35.1 Å². The summed E-state index contributed by atoms with van der Waals surface area (Å²) in [5.41, 5.74) is 2.65. The van der Waals surface area contributed by atoms with Gasteiger partial charge in [0, 0.05) is 18.2 Å². The first-order valence-electron chi connectivity index (χ1n) is 10.5. The number of carbonyl (C=O) groups excluding carboxylic acids is 1. The smallest absolute Gasteiger partial charge is 0.388 e. The highest BCUT2D eigenvalue weighted by molar-refractivity contribution is 6.34. The minimum atomic E-state index is -3.01. The van der Waals surface area contributed by atoms with E-state index in [-0.39, 0.29) is 24.1 Å². The predicted molar refractivity (Wildman–Crippen MR) is 123 cm³/mol. The highest BCUT2D eigenvalue weighted by atomic mass is 35.5. The summed E-state index contributed by atoms with van der Waals surface area (Å²) in [6, 6.07) is 12.5. The number of aryl methyl sites for hydroxylation is 2. The summed E-state index contributed by atoms with van der Waals surface area (Å²) >= 11 is 6.18. The summed E-state index contributed by atoms with van der Waals surface area (Å²) in [6.45, 7) is 2.75. The number of halogens is 3. The van der Waals surface area contributed by atoms with E-state index in [9.17, 15) is 13.6 Å². The van der Waals surface area contributed by atoms with Crippen molar-refractivity contribution < 1.29 is 32.5 Å². The number of ether oxygens (including phenoxy) is 4. The lowest BCUT2D eigenvalue weighted by atomic mass is 10.1. The van der Waals surface area contributed by atoms with Crippen LogP contribution in [0.3, 0.4) is 0 Å². The fraction of sp³-hybridized carbons (Fsp3) is 0.333. The number of aromatic nitrogens is 2. The van der Waals surface area contributed by atoms with Crippen LogP contribution in [0.25, 0.3) is 11.3 Å². The molecule has 2 aromatic carbocycles. The highest BCUT2D eigenvalue weighted by Crippen LogP contribution is 2.36. The third-order valence-corrected chi connectivity index (χ3v) is 5.15. The van der Waals surface area contributed by atoms with Gasteiger partial charge < -0.3 is 18.9 Å². The molecule has 0 radical (unpaired) electrons. The molecule has 34 heavy (non-hydrogen) atoms. The van der Waals surface area contributed by atoms with Crippen molar-refractivity contribution in [2.24, 2.45) is 7.05 Å². The number of hydrogen-bond acceptors (Lipinski definition) is 6. The second-order valence-corrected chi connectivity index (χ2v) is 7.78. The second-order valence-electron chi connectivity index (χ2n) is 7.41. The van der Waals surface area contributed by atoms with E-state index in [1.165, 1.54) is 7.05 Å². The van der Waals surface area contributed by atoms with E-state index in [1.54, 1.807) is 38.1 Å². The minimum absolute atomic E-state index is 0.00589. The van der Waals surface area contributed by atoms with Gasteiger partial charge in [-0.2, -0.15) is 13.9 Å². The van der Waals surface area contributed by atoms with Crippen LogP contribution in [0.5, 0.6) is 17.4 Å². The Hall–Kier alpha value is -3.33. The third kappa shape index (κ3) is 6.17. The van der Waals surface area contributed by atoms with Gasteiger partial charge in [-0.15, -0.1) is 0 Å². The molecule has 0 aliphatic heterocycles. The molecule has 7 nitrogen and oxygen atoms in total. The Kier molecular flexibility index (Phi) is 8.33. The van der Waals surface area contributed by atoms with E-state index < -0.39 is 18.7 Å². The molecule has 0 saturated carbocycles. The van der Waals surface area contributed by atoms with Crippen molar-refractivity contribution in [1.82, 2.24) is 9.78 Å². The molecule has 0 spiro atoms. The van der Waals surface area contributed by atoms with Gasteiger partial charge in [-0.05, 0) is 56.7 Å². The zero-order chi connectivity index (χ0) is 24.8. The van der Waals surface area contributed by atoms with E-state index in [0.717, 1.165) is 15.8 Å². The highest BCUT2D eigenvalue weighted by Gasteiger charge is 2.21. The quantitative estimate of drug-likeness (QED) is 0.344. The normalized spacial score (nSPS) is 11.9. The Morgan fingerprint density at radius 2 is 1.85 bits per heavy atom. The van der Waals surface area contributed by atoms with Crippen molar-refractivity contribution in [3.8, 4) is 28.6 Å². The summed E-state index contributed by atoms with van der Waals surface area (Å²) in [4.78, 5) is 11.9. The molecule has 0 amide bonds. The lowest BCUT2D eigenvalue weighted by Crippen LogP contribution is -2.26. The van der Waals surface area contributed by atoms with Crippen LogP contribution in [0.1, 0.15) is 25.0 Å². The average molecular weight is 495 g/mol. The van der Waals surface area contributed by atoms with Gasteiger partial charge in [-0.1, -0.05) is 23.7 Å². The summed E-state index contributed by atoms with van der Waals surface area (Å²) in [5, 5.41) is 4.16. The number of rotatable bonds is 10. The molecule has 0 bridgehead atoms. The number of esters is 1. The van der Waals surface area contributed by atoms with Gasteiger partial charge in [0.25, 0.3) is 0 Å². The Morgan fingerprint density at radius 1 is 1.15 bits per heavy atom. The maximum atomic E-state index is 12.6. The minimum Gasteiger partial charge on any atom is -0.489 e. The maximum Gasteiger partial charge on any atom is 0.388 e. The lowest BCUT2D eigenvalue weighted by molar-refractivity contribution is -0.150. The van der Waals surface area contributed by atoms with Crippen molar-refractivity contribution in [3.05, 3.63) is 58.6 Å². The van der Waals surface area contributed by atoms with E-state index >= 15 is 0 Å². The van der Waals surface area contributed by atoms with Crippen LogP contribution in [0.2, 0.25) is 5.02 Å².